The van der Waals surface area contributed by atoms with Gasteiger partial charge < -0.3 is 4.74 Å². The van der Waals surface area contributed by atoms with Gasteiger partial charge in [0.1, 0.15) is 17.3 Å². The molecular formula is C24H26O4. The van der Waals surface area contributed by atoms with E-state index in [0.717, 1.165) is 30.4 Å². The van der Waals surface area contributed by atoms with Crippen LogP contribution in [0.2, 0.25) is 0 Å². The summed E-state index contributed by atoms with van der Waals surface area (Å²) in [7, 11) is 0. The van der Waals surface area contributed by atoms with E-state index in [9.17, 15) is 4.79 Å². The van der Waals surface area contributed by atoms with Crippen molar-refractivity contribution in [2.75, 3.05) is 0 Å². The van der Waals surface area contributed by atoms with Crippen LogP contribution in [0.25, 0.3) is 6.08 Å². The van der Waals surface area contributed by atoms with Crippen molar-refractivity contribution in [3.63, 3.8) is 0 Å². The van der Waals surface area contributed by atoms with Crippen molar-refractivity contribution < 1.29 is 19.3 Å². The molecule has 1 saturated heterocycles. The molecule has 4 nitrogen and oxygen atoms in total. The predicted octanol–water partition coefficient (Wildman–Crippen LogP) is 5.05. The molecule has 28 heavy (non-hydrogen) atoms. The van der Waals surface area contributed by atoms with Crippen molar-refractivity contribution in [1.29, 1.82) is 0 Å². The highest BCUT2D eigenvalue weighted by Crippen LogP contribution is 2.51. The fraction of sp³-hybridized carbons (Fsp3) is 0.375. The lowest BCUT2D eigenvalue weighted by Crippen LogP contribution is -2.57. The second-order valence-corrected chi connectivity index (χ2v) is 7.95. The Morgan fingerprint density at radius 2 is 1.79 bits per heavy atom. The van der Waals surface area contributed by atoms with Crippen LogP contribution in [0.3, 0.4) is 0 Å². The van der Waals surface area contributed by atoms with E-state index < -0.39 is 11.2 Å². The van der Waals surface area contributed by atoms with E-state index in [1.54, 1.807) is 0 Å². The van der Waals surface area contributed by atoms with E-state index in [1.807, 2.05) is 43.3 Å². The summed E-state index contributed by atoms with van der Waals surface area (Å²) in [4.78, 5) is 23.6. The topological polar surface area (TPSA) is 44.8 Å². The lowest BCUT2D eigenvalue weighted by Gasteiger charge is -2.52. The molecule has 4 atom stereocenters. The summed E-state index contributed by atoms with van der Waals surface area (Å²) in [6.45, 7) is 3.38. The fourth-order valence-corrected chi connectivity index (χ4v) is 4.46. The quantitative estimate of drug-likeness (QED) is 0.552. The summed E-state index contributed by atoms with van der Waals surface area (Å²) >= 11 is 0. The summed E-state index contributed by atoms with van der Waals surface area (Å²) in [6, 6.07) is 20.4. The van der Waals surface area contributed by atoms with Gasteiger partial charge in [0.25, 0.3) is 0 Å². The number of esters is 1. The largest absolute Gasteiger partial charge is 0.457 e. The molecule has 0 spiro atoms. The third-order valence-electron chi connectivity index (χ3n) is 6.00. The number of hydrogen-bond acceptors (Lipinski definition) is 4. The highest BCUT2D eigenvalue weighted by Gasteiger charge is 2.55. The average Bonchev–Trinajstić information content (AvgIpc) is 2.71. The van der Waals surface area contributed by atoms with Gasteiger partial charge in [-0.15, -0.1) is 0 Å². The predicted molar refractivity (Wildman–Crippen MR) is 107 cm³/mol. The van der Waals surface area contributed by atoms with Gasteiger partial charge in [-0.1, -0.05) is 66.7 Å². The molecule has 1 aliphatic carbocycles. The molecule has 4 rings (SSSR count). The van der Waals surface area contributed by atoms with Crippen molar-refractivity contribution >= 4 is 12.0 Å². The van der Waals surface area contributed by atoms with Gasteiger partial charge in [-0.3, -0.25) is 4.79 Å². The lowest BCUT2D eigenvalue weighted by molar-refractivity contribution is -0.443. The number of hydrogen-bond donors (Lipinski definition) is 0. The summed E-state index contributed by atoms with van der Waals surface area (Å²) < 4.78 is 5.61. The molecule has 0 unspecified atom stereocenters. The summed E-state index contributed by atoms with van der Waals surface area (Å²) in [5, 5.41) is 0. The molecule has 2 aliphatic rings. The average molecular weight is 378 g/mol. The minimum Gasteiger partial charge on any atom is -0.457 e. The van der Waals surface area contributed by atoms with E-state index >= 15 is 0 Å². The van der Waals surface area contributed by atoms with Crippen LogP contribution in [0.5, 0.6) is 0 Å². The molecule has 2 bridgehead atoms. The molecule has 1 saturated carbocycles. The zero-order valence-electron chi connectivity index (χ0n) is 16.3. The zero-order chi connectivity index (χ0) is 19.6. The smallest absolute Gasteiger partial charge is 0.303 e. The molecule has 0 aromatic heterocycles. The lowest BCUT2D eigenvalue weighted by atomic mass is 9.67. The fourth-order valence-electron chi connectivity index (χ4n) is 4.46. The third-order valence-corrected chi connectivity index (χ3v) is 6.00. The Bertz CT molecular complexity index is 847. The number of fused-ring (bicyclic) bond motifs is 2. The van der Waals surface area contributed by atoms with Gasteiger partial charge in [0.15, 0.2) is 0 Å². The minimum atomic E-state index is -0.662. The number of benzene rings is 2. The first-order chi connectivity index (χ1) is 13.5. The summed E-state index contributed by atoms with van der Waals surface area (Å²) in [5.74, 6) is -0.0503. The molecule has 2 fully saturated rings. The molecule has 1 heterocycles. The van der Waals surface area contributed by atoms with Crippen molar-refractivity contribution in [1.82, 2.24) is 0 Å². The standard InChI is InChI=1S/C24H26O4/c1-18(25)26-23(2)15-14-21-17-22(23)27-28-24(21,20-11-7-4-8-12-20)16-13-19-9-5-3-6-10-19/h3-13,16,21-22H,14-15,17H2,1-2H3/b16-13-/t21-,22-,23-,24-/m1/s1. The summed E-state index contributed by atoms with van der Waals surface area (Å²) in [6.07, 6.45) is 6.36. The second-order valence-electron chi connectivity index (χ2n) is 7.95. The van der Waals surface area contributed by atoms with Crippen molar-refractivity contribution in [2.45, 2.75) is 50.4 Å². The van der Waals surface area contributed by atoms with Crippen molar-refractivity contribution in [3.8, 4) is 0 Å². The van der Waals surface area contributed by atoms with Crippen LogP contribution in [0, 0.1) is 5.92 Å². The molecule has 2 aromatic rings. The monoisotopic (exact) mass is 378 g/mol. The number of rotatable bonds is 4. The van der Waals surface area contributed by atoms with Gasteiger partial charge in [-0.2, -0.15) is 0 Å². The Kier molecular flexibility index (Phi) is 5.09. The normalized spacial score (nSPS) is 32.2. The number of ether oxygens (including phenoxy) is 1. The van der Waals surface area contributed by atoms with Crippen molar-refractivity contribution in [2.24, 2.45) is 5.92 Å². The zero-order valence-corrected chi connectivity index (χ0v) is 16.3. The SMILES string of the molecule is CC(=O)O[C@]1(C)CC[C@@H]2C[C@H]1OO[C@]2(/C=C\c1ccccc1)c1ccccc1. The van der Waals surface area contributed by atoms with Gasteiger partial charge in [0.05, 0.1) is 0 Å². The molecular weight excluding hydrogens is 352 g/mol. The first-order valence-electron chi connectivity index (χ1n) is 9.86. The molecule has 0 radical (unpaired) electrons. The summed E-state index contributed by atoms with van der Waals surface area (Å²) in [5.41, 5.74) is 0.880. The van der Waals surface area contributed by atoms with E-state index in [0.29, 0.717) is 0 Å². The van der Waals surface area contributed by atoms with Crippen LogP contribution in [-0.4, -0.2) is 17.7 Å². The van der Waals surface area contributed by atoms with Crippen LogP contribution < -0.4 is 0 Å². The van der Waals surface area contributed by atoms with E-state index in [2.05, 4.69) is 36.4 Å². The Balaban J connectivity index is 1.67. The molecule has 0 N–H and O–H groups in total. The first-order valence-corrected chi connectivity index (χ1v) is 9.86. The Labute approximate surface area is 166 Å². The van der Waals surface area contributed by atoms with Gasteiger partial charge >= 0.3 is 5.97 Å². The number of carbonyl (C=O) groups is 1. The molecule has 2 aromatic carbocycles. The third kappa shape index (κ3) is 3.50. The van der Waals surface area contributed by atoms with Gasteiger partial charge in [0, 0.05) is 12.8 Å². The molecule has 0 amide bonds. The van der Waals surface area contributed by atoms with E-state index in [1.165, 1.54) is 6.92 Å². The molecule has 1 aliphatic heterocycles. The first kappa shape index (κ1) is 18.9. The maximum Gasteiger partial charge on any atom is 0.303 e. The number of carbonyl (C=O) groups excluding carboxylic acids is 1. The van der Waals surface area contributed by atoms with Crippen molar-refractivity contribution in [3.05, 3.63) is 77.9 Å². The van der Waals surface area contributed by atoms with Crippen LogP contribution in [0.4, 0.5) is 0 Å². The van der Waals surface area contributed by atoms with Gasteiger partial charge in [-0.05, 0) is 43.4 Å². The van der Waals surface area contributed by atoms with Gasteiger partial charge in [-0.25, -0.2) is 9.78 Å². The highest BCUT2D eigenvalue weighted by atomic mass is 17.2. The van der Waals surface area contributed by atoms with E-state index in [-0.39, 0.29) is 18.0 Å². The van der Waals surface area contributed by atoms with Crippen LogP contribution in [0.1, 0.15) is 44.2 Å². The Morgan fingerprint density at radius 1 is 1.11 bits per heavy atom. The maximum atomic E-state index is 11.6. The molecule has 4 heteroatoms. The molecule has 146 valence electrons. The van der Waals surface area contributed by atoms with Crippen LogP contribution in [0.15, 0.2) is 66.7 Å². The van der Waals surface area contributed by atoms with Gasteiger partial charge in [0.2, 0.25) is 0 Å². The minimum absolute atomic E-state index is 0.234. The van der Waals surface area contributed by atoms with E-state index in [4.69, 9.17) is 14.5 Å². The van der Waals surface area contributed by atoms with Crippen LogP contribution in [-0.2, 0) is 24.9 Å². The maximum absolute atomic E-state index is 11.6. The Hall–Kier alpha value is -2.43. The highest BCUT2D eigenvalue weighted by molar-refractivity contribution is 5.66. The Morgan fingerprint density at radius 3 is 2.46 bits per heavy atom. The van der Waals surface area contributed by atoms with Crippen LogP contribution >= 0.6 is 0 Å². The second kappa shape index (κ2) is 7.53.